The van der Waals surface area contributed by atoms with E-state index in [9.17, 15) is 5.11 Å². The molecule has 0 bridgehead atoms. The smallest absolute Gasteiger partial charge is 0.250 e. The fraction of sp³-hybridized carbons (Fsp3) is 0.792. The molecule has 0 saturated carbocycles. The monoisotopic (exact) mass is 362 g/mol. The van der Waals surface area contributed by atoms with Crippen molar-refractivity contribution in [3.05, 3.63) is 30.1 Å². The van der Waals surface area contributed by atoms with E-state index in [1.54, 1.807) is 0 Å². The summed E-state index contributed by atoms with van der Waals surface area (Å²) in [6.07, 6.45) is 25.6. The number of hydrogen-bond donors (Lipinski definition) is 1. The third-order valence-electron chi connectivity index (χ3n) is 5.47. The van der Waals surface area contributed by atoms with Crippen LogP contribution in [0.3, 0.4) is 0 Å². The predicted molar refractivity (Wildman–Crippen MR) is 112 cm³/mol. The van der Waals surface area contributed by atoms with Gasteiger partial charge in [0.15, 0.2) is 11.9 Å². The van der Waals surface area contributed by atoms with Crippen LogP contribution in [-0.2, 0) is 13.2 Å². The van der Waals surface area contributed by atoms with Gasteiger partial charge in [-0.25, -0.2) is 0 Å². The Balaban J connectivity index is 1.80. The quantitative estimate of drug-likeness (QED) is 0.227. The second-order valence-electron chi connectivity index (χ2n) is 7.86. The van der Waals surface area contributed by atoms with E-state index < -0.39 is 0 Å². The molecule has 0 saturated heterocycles. The molecule has 1 rings (SSSR count). The summed E-state index contributed by atoms with van der Waals surface area (Å²) in [5, 5.41) is 9.32. The summed E-state index contributed by atoms with van der Waals surface area (Å²) >= 11 is 0. The molecular formula is C24H44NO+. The third-order valence-corrected chi connectivity index (χ3v) is 5.47. The van der Waals surface area contributed by atoms with Gasteiger partial charge in [-0.05, 0) is 6.42 Å². The van der Waals surface area contributed by atoms with Crippen LogP contribution in [0.4, 0.5) is 0 Å². The van der Waals surface area contributed by atoms with E-state index >= 15 is 0 Å². The summed E-state index contributed by atoms with van der Waals surface area (Å²) in [4.78, 5) is 0. The molecule has 0 fully saturated rings. The lowest BCUT2D eigenvalue weighted by molar-refractivity contribution is -0.736. The molecule has 0 amide bonds. The van der Waals surface area contributed by atoms with Crippen LogP contribution in [0.1, 0.15) is 115 Å². The number of aliphatic hydroxyl groups excluding tert-OH is 1. The lowest BCUT2D eigenvalue weighted by atomic mass is 10.0. The normalized spacial score (nSPS) is 11.2. The molecule has 0 radical (unpaired) electrons. The van der Waals surface area contributed by atoms with Crippen LogP contribution in [0.25, 0.3) is 0 Å². The van der Waals surface area contributed by atoms with Gasteiger partial charge in [0, 0.05) is 18.6 Å². The van der Waals surface area contributed by atoms with Crippen molar-refractivity contribution < 1.29 is 9.67 Å². The van der Waals surface area contributed by atoms with Gasteiger partial charge in [0.2, 0.25) is 6.73 Å². The molecule has 0 atom stereocenters. The van der Waals surface area contributed by atoms with Crippen LogP contribution >= 0.6 is 0 Å². The van der Waals surface area contributed by atoms with Gasteiger partial charge < -0.3 is 5.11 Å². The van der Waals surface area contributed by atoms with Crippen LogP contribution in [0.2, 0.25) is 0 Å². The average molecular weight is 363 g/mol. The molecule has 26 heavy (non-hydrogen) atoms. The summed E-state index contributed by atoms with van der Waals surface area (Å²) < 4.78 is 1.94. The summed E-state index contributed by atoms with van der Waals surface area (Å²) in [5.41, 5.74) is 1.25. The molecule has 2 heteroatoms. The molecule has 0 aliphatic rings. The van der Waals surface area contributed by atoms with Gasteiger partial charge in [-0.1, -0.05) is 109 Å². The largest absolute Gasteiger partial charge is 0.339 e. The second-order valence-corrected chi connectivity index (χ2v) is 7.86. The van der Waals surface area contributed by atoms with E-state index in [0.717, 1.165) is 6.42 Å². The van der Waals surface area contributed by atoms with Gasteiger partial charge in [0.1, 0.15) is 0 Å². The van der Waals surface area contributed by atoms with Crippen LogP contribution < -0.4 is 4.57 Å². The minimum Gasteiger partial charge on any atom is -0.339 e. The Morgan fingerprint density at radius 2 is 1.12 bits per heavy atom. The van der Waals surface area contributed by atoms with Crippen LogP contribution in [-0.4, -0.2) is 5.11 Å². The molecule has 1 aromatic rings. The fourth-order valence-corrected chi connectivity index (χ4v) is 3.73. The molecule has 0 aliphatic carbocycles. The summed E-state index contributed by atoms with van der Waals surface area (Å²) in [7, 11) is 0. The Labute approximate surface area is 163 Å². The van der Waals surface area contributed by atoms with Crippen molar-refractivity contribution in [3.8, 4) is 0 Å². The number of aryl methyl sites for hydroxylation is 1. The van der Waals surface area contributed by atoms with Crippen LogP contribution in [0.15, 0.2) is 24.4 Å². The Morgan fingerprint density at radius 3 is 1.58 bits per heavy atom. The molecule has 0 unspecified atom stereocenters. The van der Waals surface area contributed by atoms with Gasteiger partial charge in [-0.3, -0.25) is 0 Å². The number of aliphatic hydroxyl groups is 1. The van der Waals surface area contributed by atoms with Gasteiger partial charge in [0.25, 0.3) is 0 Å². The van der Waals surface area contributed by atoms with Crippen molar-refractivity contribution in [1.29, 1.82) is 0 Å². The van der Waals surface area contributed by atoms with E-state index in [1.165, 1.54) is 108 Å². The van der Waals surface area contributed by atoms with Gasteiger partial charge in [0.05, 0.1) is 0 Å². The number of aromatic nitrogens is 1. The van der Waals surface area contributed by atoms with Gasteiger partial charge >= 0.3 is 0 Å². The highest BCUT2D eigenvalue weighted by atomic mass is 16.3. The minimum atomic E-state index is 0.0923. The third kappa shape index (κ3) is 12.5. The number of pyridine rings is 1. The summed E-state index contributed by atoms with van der Waals surface area (Å²) in [6.45, 7) is 2.38. The highest BCUT2D eigenvalue weighted by Gasteiger charge is 2.06. The first kappa shape index (κ1) is 23.1. The molecule has 150 valence electrons. The van der Waals surface area contributed by atoms with Crippen molar-refractivity contribution in [2.45, 2.75) is 123 Å². The van der Waals surface area contributed by atoms with E-state index in [2.05, 4.69) is 19.1 Å². The maximum Gasteiger partial charge on any atom is 0.250 e. The summed E-state index contributed by atoms with van der Waals surface area (Å²) in [6, 6.07) is 6.17. The maximum atomic E-state index is 9.32. The Hall–Kier alpha value is -0.890. The zero-order chi connectivity index (χ0) is 18.7. The maximum absolute atomic E-state index is 9.32. The average Bonchev–Trinajstić information content (AvgIpc) is 2.68. The van der Waals surface area contributed by atoms with Gasteiger partial charge in [-0.2, -0.15) is 4.57 Å². The van der Waals surface area contributed by atoms with Crippen molar-refractivity contribution in [1.82, 2.24) is 0 Å². The van der Waals surface area contributed by atoms with Crippen molar-refractivity contribution >= 4 is 0 Å². The standard InChI is InChI=1S/C24H44NO/c1-2-3-4-5-6-7-8-9-10-11-12-13-14-15-16-17-20-24-21-18-19-22-25(24)23-26/h18-19,21-22,26H,2-17,20,23H2,1H3/q+1. The SMILES string of the molecule is CCCCCCCCCCCCCCCCCCc1cccc[n+]1CO. The number of rotatable bonds is 18. The van der Waals surface area contributed by atoms with E-state index in [1.807, 2.05) is 16.8 Å². The Kier molecular flexibility index (Phi) is 15.6. The molecule has 1 heterocycles. The lowest BCUT2D eigenvalue weighted by Gasteiger charge is -2.04. The first-order chi connectivity index (χ1) is 12.9. The number of unbranched alkanes of at least 4 members (excludes halogenated alkanes) is 15. The molecule has 1 N–H and O–H groups in total. The molecule has 2 nitrogen and oxygen atoms in total. The van der Waals surface area contributed by atoms with E-state index in [4.69, 9.17) is 0 Å². The van der Waals surface area contributed by atoms with Crippen molar-refractivity contribution in [2.24, 2.45) is 0 Å². The predicted octanol–water partition coefficient (Wildman–Crippen LogP) is 6.73. The summed E-state index contributed by atoms with van der Waals surface area (Å²) in [5.74, 6) is 0. The fourth-order valence-electron chi connectivity index (χ4n) is 3.73. The highest BCUT2D eigenvalue weighted by molar-refractivity contribution is 4.97. The van der Waals surface area contributed by atoms with Gasteiger partial charge in [-0.15, -0.1) is 0 Å². The number of nitrogens with zero attached hydrogens (tertiary/aromatic N) is 1. The van der Waals surface area contributed by atoms with E-state index in [-0.39, 0.29) is 6.73 Å². The molecule has 0 aliphatic heterocycles. The Morgan fingerprint density at radius 1 is 0.654 bits per heavy atom. The lowest BCUT2D eigenvalue weighted by Crippen LogP contribution is -2.37. The van der Waals surface area contributed by atoms with E-state index in [0.29, 0.717) is 0 Å². The topological polar surface area (TPSA) is 24.1 Å². The molecule has 0 aromatic carbocycles. The molecular weight excluding hydrogens is 318 g/mol. The Bertz CT molecular complexity index is 418. The molecule has 1 aromatic heterocycles. The number of hydrogen-bond acceptors (Lipinski definition) is 1. The van der Waals surface area contributed by atoms with Crippen LogP contribution in [0, 0.1) is 0 Å². The highest BCUT2D eigenvalue weighted by Crippen LogP contribution is 2.14. The first-order valence-corrected chi connectivity index (χ1v) is 11.5. The van der Waals surface area contributed by atoms with Crippen molar-refractivity contribution in [2.75, 3.05) is 0 Å². The first-order valence-electron chi connectivity index (χ1n) is 11.5. The second kappa shape index (κ2) is 17.5. The zero-order valence-electron chi connectivity index (χ0n) is 17.4. The van der Waals surface area contributed by atoms with Crippen LogP contribution in [0.5, 0.6) is 0 Å². The molecule has 0 spiro atoms. The minimum absolute atomic E-state index is 0.0923. The van der Waals surface area contributed by atoms with Crippen molar-refractivity contribution in [3.63, 3.8) is 0 Å². The zero-order valence-corrected chi connectivity index (χ0v) is 17.4.